The molecule has 0 bridgehead atoms. The van der Waals surface area contributed by atoms with E-state index in [1.807, 2.05) is 11.4 Å². The largest absolute Gasteiger partial charge is 0.393 e. The normalized spacial score (nSPS) is 12.9. The van der Waals surface area contributed by atoms with Crippen LogP contribution in [0.2, 0.25) is 0 Å². The summed E-state index contributed by atoms with van der Waals surface area (Å²) in [6, 6.07) is 4.08. The van der Waals surface area contributed by atoms with Gasteiger partial charge in [-0.25, -0.2) is 0 Å². The minimum Gasteiger partial charge on any atom is -0.393 e. The predicted octanol–water partition coefficient (Wildman–Crippen LogP) is 2.86. The Hall–Kier alpha value is -0.380. The van der Waals surface area contributed by atoms with E-state index in [0.29, 0.717) is 6.61 Å². The van der Waals surface area contributed by atoms with Gasteiger partial charge in [0.15, 0.2) is 0 Å². The number of aliphatic hydroxyl groups is 1. The fourth-order valence-corrected chi connectivity index (χ4v) is 2.11. The SMILES string of the molecule is CCCCOCCC(O)Cc1cccs1. The van der Waals surface area contributed by atoms with E-state index in [1.165, 1.54) is 4.88 Å². The van der Waals surface area contributed by atoms with Gasteiger partial charge in [-0.15, -0.1) is 11.3 Å². The number of thiophene rings is 1. The van der Waals surface area contributed by atoms with Crippen molar-refractivity contribution < 1.29 is 9.84 Å². The van der Waals surface area contributed by atoms with Gasteiger partial charge in [0.2, 0.25) is 0 Å². The summed E-state index contributed by atoms with van der Waals surface area (Å²) in [5.74, 6) is 0. The Morgan fingerprint density at radius 2 is 2.33 bits per heavy atom. The standard InChI is InChI=1S/C12H20O2S/c1-2-3-7-14-8-6-11(13)10-12-5-4-9-15-12/h4-5,9,11,13H,2-3,6-8,10H2,1H3. The summed E-state index contributed by atoms with van der Waals surface area (Å²) in [5, 5.41) is 11.7. The molecule has 0 spiro atoms. The second kappa shape index (κ2) is 7.85. The van der Waals surface area contributed by atoms with E-state index in [4.69, 9.17) is 4.74 Å². The molecule has 0 saturated heterocycles. The summed E-state index contributed by atoms with van der Waals surface area (Å²) < 4.78 is 5.41. The monoisotopic (exact) mass is 228 g/mol. The third kappa shape index (κ3) is 5.92. The number of hydrogen-bond donors (Lipinski definition) is 1. The Bertz CT molecular complexity index is 234. The van der Waals surface area contributed by atoms with E-state index in [0.717, 1.165) is 32.3 Å². The number of ether oxygens (including phenoxy) is 1. The van der Waals surface area contributed by atoms with Crippen LogP contribution in [0.4, 0.5) is 0 Å². The van der Waals surface area contributed by atoms with Crippen LogP contribution in [-0.4, -0.2) is 24.4 Å². The molecule has 1 N–H and O–H groups in total. The summed E-state index contributed by atoms with van der Waals surface area (Å²) in [5.41, 5.74) is 0. The van der Waals surface area contributed by atoms with E-state index < -0.39 is 0 Å². The first-order chi connectivity index (χ1) is 7.33. The first kappa shape index (κ1) is 12.7. The van der Waals surface area contributed by atoms with Gasteiger partial charge in [0.1, 0.15) is 0 Å². The summed E-state index contributed by atoms with van der Waals surface area (Å²) in [6.07, 6.45) is 3.51. The van der Waals surface area contributed by atoms with Gasteiger partial charge >= 0.3 is 0 Å². The molecule has 1 aromatic rings. The molecule has 0 radical (unpaired) electrons. The zero-order valence-corrected chi connectivity index (χ0v) is 10.1. The van der Waals surface area contributed by atoms with Crippen LogP contribution >= 0.6 is 11.3 Å². The summed E-state index contributed by atoms with van der Waals surface area (Å²) in [6.45, 7) is 3.64. The van der Waals surface area contributed by atoms with Crippen molar-refractivity contribution in [1.29, 1.82) is 0 Å². The van der Waals surface area contributed by atoms with Gasteiger partial charge in [-0.1, -0.05) is 19.4 Å². The third-order valence-corrected chi connectivity index (χ3v) is 3.15. The van der Waals surface area contributed by atoms with Gasteiger partial charge in [0, 0.05) is 24.5 Å². The Kier molecular flexibility index (Phi) is 6.64. The number of rotatable bonds is 8. The molecule has 0 amide bonds. The smallest absolute Gasteiger partial charge is 0.0610 e. The molecule has 1 heterocycles. The van der Waals surface area contributed by atoms with Crippen molar-refractivity contribution in [3.8, 4) is 0 Å². The topological polar surface area (TPSA) is 29.5 Å². The molecule has 0 aliphatic heterocycles. The van der Waals surface area contributed by atoms with Crippen LogP contribution in [-0.2, 0) is 11.2 Å². The molecule has 0 aliphatic rings. The van der Waals surface area contributed by atoms with Gasteiger partial charge in [-0.3, -0.25) is 0 Å². The molecule has 1 aromatic heterocycles. The Labute approximate surface area is 95.9 Å². The Morgan fingerprint density at radius 1 is 1.47 bits per heavy atom. The van der Waals surface area contributed by atoms with Crippen LogP contribution in [0.3, 0.4) is 0 Å². The molecule has 1 atom stereocenters. The molecule has 2 nitrogen and oxygen atoms in total. The second-order valence-corrected chi connectivity index (χ2v) is 4.72. The maximum absolute atomic E-state index is 9.70. The van der Waals surface area contributed by atoms with Crippen LogP contribution in [0.15, 0.2) is 17.5 Å². The number of unbranched alkanes of at least 4 members (excludes halogenated alkanes) is 1. The van der Waals surface area contributed by atoms with Gasteiger partial charge in [0.25, 0.3) is 0 Å². The van der Waals surface area contributed by atoms with Gasteiger partial charge < -0.3 is 9.84 Å². The molecule has 3 heteroatoms. The third-order valence-electron chi connectivity index (χ3n) is 2.25. The second-order valence-electron chi connectivity index (χ2n) is 3.69. The molecule has 1 unspecified atom stereocenters. The minimum atomic E-state index is -0.259. The highest BCUT2D eigenvalue weighted by Gasteiger charge is 2.05. The fourth-order valence-electron chi connectivity index (χ4n) is 1.33. The number of aliphatic hydroxyl groups excluding tert-OH is 1. The van der Waals surface area contributed by atoms with E-state index in [1.54, 1.807) is 11.3 Å². The quantitative estimate of drug-likeness (QED) is 0.693. The van der Waals surface area contributed by atoms with Gasteiger partial charge in [0.05, 0.1) is 6.10 Å². The van der Waals surface area contributed by atoms with E-state index in [-0.39, 0.29) is 6.10 Å². The van der Waals surface area contributed by atoms with Crippen molar-refractivity contribution in [1.82, 2.24) is 0 Å². The molecule has 15 heavy (non-hydrogen) atoms. The molecule has 1 rings (SSSR count). The molecule has 0 aromatic carbocycles. The van der Waals surface area contributed by atoms with Crippen molar-refractivity contribution in [3.63, 3.8) is 0 Å². The zero-order chi connectivity index (χ0) is 10.9. The molecular formula is C12H20O2S. The van der Waals surface area contributed by atoms with Crippen molar-refractivity contribution in [2.24, 2.45) is 0 Å². The van der Waals surface area contributed by atoms with Crippen LogP contribution in [0.1, 0.15) is 31.1 Å². The average molecular weight is 228 g/mol. The van der Waals surface area contributed by atoms with Crippen molar-refractivity contribution in [2.45, 2.75) is 38.7 Å². The maximum atomic E-state index is 9.70. The van der Waals surface area contributed by atoms with E-state index in [2.05, 4.69) is 13.0 Å². The lowest BCUT2D eigenvalue weighted by molar-refractivity contribution is 0.0810. The summed E-state index contributed by atoms with van der Waals surface area (Å²) in [4.78, 5) is 1.25. The molecule has 0 fully saturated rings. The first-order valence-electron chi connectivity index (χ1n) is 5.61. The summed E-state index contributed by atoms with van der Waals surface area (Å²) >= 11 is 1.70. The molecule has 0 saturated carbocycles. The van der Waals surface area contributed by atoms with Crippen LogP contribution in [0.25, 0.3) is 0 Å². The van der Waals surface area contributed by atoms with Gasteiger partial charge in [-0.05, 0) is 24.3 Å². The lowest BCUT2D eigenvalue weighted by Crippen LogP contribution is -2.13. The lowest BCUT2D eigenvalue weighted by atomic mass is 10.2. The first-order valence-corrected chi connectivity index (χ1v) is 6.49. The Balaban J connectivity index is 2.01. The van der Waals surface area contributed by atoms with Crippen molar-refractivity contribution in [2.75, 3.05) is 13.2 Å². The van der Waals surface area contributed by atoms with Crippen LogP contribution in [0, 0.1) is 0 Å². The van der Waals surface area contributed by atoms with E-state index >= 15 is 0 Å². The fraction of sp³-hybridized carbons (Fsp3) is 0.667. The lowest BCUT2D eigenvalue weighted by Gasteiger charge is -2.09. The highest BCUT2D eigenvalue weighted by atomic mass is 32.1. The van der Waals surface area contributed by atoms with Gasteiger partial charge in [-0.2, -0.15) is 0 Å². The zero-order valence-electron chi connectivity index (χ0n) is 9.32. The van der Waals surface area contributed by atoms with Crippen molar-refractivity contribution in [3.05, 3.63) is 22.4 Å². The van der Waals surface area contributed by atoms with Crippen molar-refractivity contribution >= 4 is 11.3 Å². The predicted molar refractivity (Wildman–Crippen MR) is 64.4 cm³/mol. The average Bonchev–Trinajstić information content (AvgIpc) is 2.70. The van der Waals surface area contributed by atoms with Crippen LogP contribution in [0.5, 0.6) is 0 Å². The molecule has 86 valence electrons. The highest BCUT2D eigenvalue weighted by Crippen LogP contribution is 2.12. The van der Waals surface area contributed by atoms with Crippen LogP contribution < -0.4 is 0 Å². The number of hydrogen-bond acceptors (Lipinski definition) is 3. The minimum absolute atomic E-state index is 0.259. The molecule has 0 aliphatic carbocycles. The molecular weight excluding hydrogens is 208 g/mol. The summed E-state index contributed by atoms with van der Waals surface area (Å²) in [7, 11) is 0. The van der Waals surface area contributed by atoms with E-state index in [9.17, 15) is 5.11 Å². The maximum Gasteiger partial charge on any atom is 0.0610 e. The Morgan fingerprint density at radius 3 is 3.00 bits per heavy atom. The highest BCUT2D eigenvalue weighted by molar-refractivity contribution is 7.09.